The van der Waals surface area contributed by atoms with E-state index in [9.17, 15) is 0 Å². The molecule has 5 heteroatoms. The van der Waals surface area contributed by atoms with Gasteiger partial charge in [-0.1, -0.05) is 34.3 Å². The van der Waals surface area contributed by atoms with Crippen LogP contribution in [0.1, 0.15) is 0 Å². The first kappa shape index (κ1) is 8.84. The fourth-order valence-corrected chi connectivity index (χ4v) is 0.912. The average Bonchev–Trinajstić information content (AvgIpc) is 1.83. The second-order valence-electron chi connectivity index (χ2n) is 1.27. The van der Waals surface area contributed by atoms with Crippen molar-refractivity contribution < 1.29 is 0 Å². The van der Waals surface area contributed by atoms with Gasteiger partial charge in [-0.3, -0.25) is 0 Å². The number of rotatable bonds is 2. The van der Waals surface area contributed by atoms with Crippen LogP contribution in [0.4, 0.5) is 0 Å². The molecule has 0 fully saturated rings. The summed E-state index contributed by atoms with van der Waals surface area (Å²) in [5.41, 5.74) is 5.25. The Bertz CT molecular complexity index is 134. The summed E-state index contributed by atoms with van der Waals surface area (Å²) in [7, 11) is 0. The lowest BCUT2D eigenvalue weighted by Crippen LogP contribution is -2.09. The van der Waals surface area contributed by atoms with Crippen molar-refractivity contribution in [1.82, 2.24) is 0 Å². The van der Waals surface area contributed by atoms with Gasteiger partial charge in [0.05, 0.1) is 0 Å². The molecule has 4 N–H and O–H groups in total. The smallest absolute Gasteiger partial charge is 0.177 e. The largest absolute Gasteiger partial charge is 0.377 e. The summed E-state index contributed by atoms with van der Waals surface area (Å²) < 4.78 is 0.874. The average molecular weight is 210 g/mol. The molecule has 0 unspecified atom stereocenters. The number of nitrogens with two attached hydrogens (primary N) is 2. The predicted octanol–water partition coefficient (Wildman–Crippen LogP) is 0.817. The van der Waals surface area contributed by atoms with Crippen LogP contribution in [0.2, 0.25) is 0 Å². The van der Waals surface area contributed by atoms with Crippen LogP contribution in [0.15, 0.2) is 16.2 Å². The Morgan fingerprint density at radius 2 is 2.33 bits per heavy atom. The number of nitrogens with zero attached hydrogens (tertiary/aromatic N) is 1. The van der Waals surface area contributed by atoms with Crippen LogP contribution in [0.3, 0.4) is 0 Å². The van der Waals surface area contributed by atoms with Crippen LogP contribution in [0, 0.1) is 0 Å². The predicted molar refractivity (Wildman–Crippen MR) is 46.3 cm³/mol. The molecule has 0 bridgehead atoms. The Kier molecular flexibility index (Phi) is 4.61. The van der Waals surface area contributed by atoms with E-state index >= 15 is 0 Å². The summed E-state index contributed by atoms with van der Waals surface area (Å²) in [6.45, 7) is 3.61. The SMILES string of the molecule is C=C(Br)CSC(N)=NN. The minimum Gasteiger partial charge on any atom is -0.377 e. The van der Waals surface area contributed by atoms with Gasteiger partial charge in [-0.05, 0) is 4.48 Å². The summed E-state index contributed by atoms with van der Waals surface area (Å²) >= 11 is 4.51. The van der Waals surface area contributed by atoms with Crippen LogP contribution in [0.25, 0.3) is 0 Å². The number of hydrogen-bond donors (Lipinski definition) is 2. The number of hydrogen-bond acceptors (Lipinski definition) is 3. The zero-order chi connectivity index (χ0) is 7.28. The summed E-state index contributed by atoms with van der Waals surface area (Å²) in [6, 6.07) is 0. The van der Waals surface area contributed by atoms with E-state index < -0.39 is 0 Å². The minimum atomic E-state index is 0.371. The van der Waals surface area contributed by atoms with Gasteiger partial charge in [0.1, 0.15) is 0 Å². The maximum atomic E-state index is 5.25. The van der Waals surface area contributed by atoms with Crippen molar-refractivity contribution in [2.75, 3.05) is 5.75 Å². The number of hydrazone groups is 1. The summed E-state index contributed by atoms with van der Waals surface area (Å²) in [5.74, 6) is 5.56. The van der Waals surface area contributed by atoms with Gasteiger partial charge in [0.2, 0.25) is 0 Å². The quantitative estimate of drug-likeness (QED) is 0.307. The van der Waals surface area contributed by atoms with Crippen LogP contribution >= 0.6 is 27.7 Å². The van der Waals surface area contributed by atoms with E-state index in [-0.39, 0.29) is 0 Å². The molecule has 3 nitrogen and oxygen atoms in total. The molecule has 0 aliphatic rings. The molecule has 0 rings (SSSR count). The molecule has 0 spiro atoms. The van der Waals surface area contributed by atoms with Crippen molar-refractivity contribution in [3.63, 3.8) is 0 Å². The molecule has 0 aliphatic heterocycles. The minimum absolute atomic E-state index is 0.371. The van der Waals surface area contributed by atoms with E-state index in [4.69, 9.17) is 11.6 Å². The van der Waals surface area contributed by atoms with Crippen molar-refractivity contribution in [2.45, 2.75) is 0 Å². The zero-order valence-electron chi connectivity index (χ0n) is 4.80. The highest BCUT2D eigenvalue weighted by molar-refractivity contribution is 9.11. The monoisotopic (exact) mass is 209 g/mol. The third-order valence-corrected chi connectivity index (χ3v) is 2.05. The van der Waals surface area contributed by atoms with Gasteiger partial charge in [0.25, 0.3) is 0 Å². The van der Waals surface area contributed by atoms with Crippen molar-refractivity contribution in [3.8, 4) is 0 Å². The van der Waals surface area contributed by atoms with Crippen molar-refractivity contribution >= 4 is 32.9 Å². The second-order valence-corrected chi connectivity index (χ2v) is 3.39. The molecule has 0 aliphatic carbocycles. The van der Waals surface area contributed by atoms with E-state index in [1.807, 2.05) is 0 Å². The molecule has 0 amide bonds. The van der Waals surface area contributed by atoms with Crippen molar-refractivity contribution in [1.29, 1.82) is 0 Å². The molecular formula is C4H8BrN3S. The van der Waals surface area contributed by atoms with Gasteiger partial charge >= 0.3 is 0 Å². The van der Waals surface area contributed by atoms with Crippen LogP contribution in [-0.2, 0) is 0 Å². The Balaban J connectivity index is 3.39. The van der Waals surface area contributed by atoms with E-state index in [1.165, 1.54) is 11.8 Å². The first-order valence-corrected chi connectivity index (χ1v) is 3.94. The first-order valence-electron chi connectivity index (χ1n) is 2.16. The fraction of sp³-hybridized carbons (Fsp3) is 0.250. The van der Waals surface area contributed by atoms with Gasteiger partial charge in [0, 0.05) is 5.75 Å². The molecule has 9 heavy (non-hydrogen) atoms. The van der Waals surface area contributed by atoms with Crippen LogP contribution < -0.4 is 11.6 Å². The maximum absolute atomic E-state index is 5.25. The summed E-state index contributed by atoms with van der Waals surface area (Å²) in [6.07, 6.45) is 0. The molecule has 0 saturated carbocycles. The standard InChI is InChI=1S/C4H8BrN3S/c1-3(5)2-9-4(6)8-7/h1-2,7H2,(H2,6,8). The Hall–Kier alpha value is -0.160. The summed E-state index contributed by atoms with van der Waals surface area (Å²) in [5, 5.41) is 3.63. The first-order chi connectivity index (χ1) is 4.16. The van der Waals surface area contributed by atoms with Gasteiger partial charge in [-0.25, -0.2) is 0 Å². The van der Waals surface area contributed by atoms with Crippen molar-refractivity contribution in [2.24, 2.45) is 16.7 Å². The lowest BCUT2D eigenvalue weighted by Gasteiger charge is -1.94. The molecule has 0 saturated heterocycles. The lowest BCUT2D eigenvalue weighted by molar-refractivity contribution is 1.25. The maximum Gasteiger partial charge on any atom is 0.177 e. The molecule has 0 heterocycles. The molecule has 0 atom stereocenters. The number of amidine groups is 1. The van der Waals surface area contributed by atoms with Gasteiger partial charge < -0.3 is 11.6 Å². The molecule has 0 aromatic heterocycles. The highest BCUT2D eigenvalue weighted by Crippen LogP contribution is 2.10. The van der Waals surface area contributed by atoms with E-state index in [2.05, 4.69) is 27.6 Å². The zero-order valence-corrected chi connectivity index (χ0v) is 7.20. The van der Waals surface area contributed by atoms with Crippen LogP contribution in [-0.4, -0.2) is 10.9 Å². The van der Waals surface area contributed by atoms with E-state index in [0.717, 1.165) is 4.48 Å². The Morgan fingerprint density at radius 3 is 2.67 bits per heavy atom. The van der Waals surface area contributed by atoms with E-state index in [0.29, 0.717) is 10.9 Å². The molecule has 0 radical (unpaired) electrons. The molecule has 0 aromatic rings. The third kappa shape index (κ3) is 5.72. The van der Waals surface area contributed by atoms with E-state index in [1.54, 1.807) is 0 Å². The second kappa shape index (κ2) is 4.69. The normalized spacial score (nSPS) is 11.4. The Morgan fingerprint density at radius 1 is 1.78 bits per heavy atom. The highest BCUT2D eigenvalue weighted by atomic mass is 79.9. The Labute approximate surface area is 66.7 Å². The fourth-order valence-electron chi connectivity index (χ4n) is 0.190. The van der Waals surface area contributed by atoms with Gasteiger partial charge in [-0.15, -0.1) is 0 Å². The molecular weight excluding hydrogens is 202 g/mol. The van der Waals surface area contributed by atoms with Gasteiger partial charge in [0.15, 0.2) is 5.17 Å². The van der Waals surface area contributed by atoms with Crippen molar-refractivity contribution in [3.05, 3.63) is 11.1 Å². The molecule has 52 valence electrons. The topological polar surface area (TPSA) is 64.4 Å². The third-order valence-electron chi connectivity index (χ3n) is 0.504. The lowest BCUT2D eigenvalue weighted by atomic mass is 10.8. The molecule has 0 aromatic carbocycles. The van der Waals surface area contributed by atoms with Crippen LogP contribution in [0.5, 0.6) is 0 Å². The summed E-state index contributed by atoms with van der Waals surface area (Å²) in [4.78, 5) is 0. The van der Waals surface area contributed by atoms with Gasteiger partial charge in [-0.2, -0.15) is 5.10 Å². The highest BCUT2D eigenvalue weighted by Gasteiger charge is 1.92. The number of thioether (sulfide) groups is 1. The number of halogens is 1.